The summed E-state index contributed by atoms with van der Waals surface area (Å²) in [5, 5.41) is 11.1. The Bertz CT molecular complexity index is 872. The predicted molar refractivity (Wildman–Crippen MR) is 91.2 cm³/mol. The standard InChI is InChI=1S/C17H14ClFN2O4/c1-17(2)16(9-22)20(13-5-3-10(19)7-12(13)18)14-6-4-11(21(23)24)8-15(14)25-17/h3-9,16H,1-2H3. The molecule has 3 rings (SSSR count). The smallest absolute Gasteiger partial charge is 0.273 e. The van der Waals surface area contributed by atoms with Crippen molar-refractivity contribution in [2.45, 2.75) is 25.5 Å². The van der Waals surface area contributed by atoms with Gasteiger partial charge in [-0.25, -0.2) is 4.39 Å². The molecule has 1 aliphatic heterocycles. The Morgan fingerprint density at radius 1 is 1.28 bits per heavy atom. The maximum absolute atomic E-state index is 13.4. The lowest BCUT2D eigenvalue weighted by atomic mass is 9.94. The van der Waals surface area contributed by atoms with E-state index < -0.39 is 22.4 Å². The largest absolute Gasteiger partial charge is 0.483 e. The topological polar surface area (TPSA) is 72.7 Å². The van der Waals surface area contributed by atoms with Gasteiger partial charge < -0.3 is 14.4 Å². The lowest BCUT2D eigenvalue weighted by Gasteiger charge is -2.45. The first-order valence-corrected chi connectivity index (χ1v) is 7.79. The average Bonchev–Trinajstić information content (AvgIpc) is 2.52. The molecule has 1 atom stereocenters. The van der Waals surface area contributed by atoms with Crippen molar-refractivity contribution in [3.8, 4) is 5.75 Å². The average molecular weight is 365 g/mol. The number of ether oxygens (including phenoxy) is 1. The summed E-state index contributed by atoms with van der Waals surface area (Å²) >= 11 is 6.18. The summed E-state index contributed by atoms with van der Waals surface area (Å²) in [4.78, 5) is 23.9. The van der Waals surface area contributed by atoms with Crippen LogP contribution >= 0.6 is 11.6 Å². The molecule has 0 aromatic heterocycles. The van der Waals surface area contributed by atoms with E-state index in [-0.39, 0.29) is 16.5 Å². The van der Waals surface area contributed by atoms with Crippen molar-refractivity contribution in [1.82, 2.24) is 0 Å². The Kier molecular flexibility index (Phi) is 4.12. The van der Waals surface area contributed by atoms with Crippen LogP contribution < -0.4 is 9.64 Å². The molecule has 0 saturated carbocycles. The highest BCUT2D eigenvalue weighted by molar-refractivity contribution is 6.33. The van der Waals surface area contributed by atoms with E-state index in [4.69, 9.17) is 16.3 Å². The summed E-state index contributed by atoms with van der Waals surface area (Å²) in [6.07, 6.45) is 0.712. The molecule has 130 valence electrons. The molecular formula is C17H14ClFN2O4. The van der Waals surface area contributed by atoms with Gasteiger partial charge in [0.1, 0.15) is 23.7 Å². The summed E-state index contributed by atoms with van der Waals surface area (Å²) < 4.78 is 19.2. The van der Waals surface area contributed by atoms with Gasteiger partial charge in [0.15, 0.2) is 5.75 Å². The third kappa shape index (κ3) is 2.91. The zero-order valence-electron chi connectivity index (χ0n) is 13.4. The van der Waals surface area contributed by atoms with Gasteiger partial charge in [-0.1, -0.05) is 11.6 Å². The summed E-state index contributed by atoms with van der Waals surface area (Å²) in [6, 6.07) is 7.17. The summed E-state index contributed by atoms with van der Waals surface area (Å²) in [7, 11) is 0. The van der Waals surface area contributed by atoms with Crippen LogP contribution in [0.4, 0.5) is 21.5 Å². The molecule has 0 bridgehead atoms. The first-order chi connectivity index (χ1) is 11.7. The number of nitro benzene ring substituents is 1. The molecule has 0 radical (unpaired) electrons. The van der Waals surface area contributed by atoms with Gasteiger partial charge in [0.25, 0.3) is 5.69 Å². The van der Waals surface area contributed by atoms with Crippen molar-refractivity contribution in [2.24, 2.45) is 0 Å². The van der Waals surface area contributed by atoms with E-state index in [1.54, 1.807) is 18.7 Å². The van der Waals surface area contributed by atoms with E-state index >= 15 is 0 Å². The molecule has 25 heavy (non-hydrogen) atoms. The Morgan fingerprint density at radius 3 is 2.56 bits per heavy atom. The number of nitro groups is 1. The molecule has 1 aliphatic rings. The van der Waals surface area contributed by atoms with Crippen molar-refractivity contribution in [3.63, 3.8) is 0 Å². The number of nitrogens with zero attached hydrogens (tertiary/aromatic N) is 2. The second-order valence-electron chi connectivity index (χ2n) is 6.16. The lowest BCUT2D eigenvalue weighted by molar-refractivity contribution is -0.385. The number of anilines is 2. The molecule has 0 aliphatic carbocycles. The van der Waals surface area contributed by atoms with Crippen LogP contribution in [0.15, 0.2) is 36.4 Å². The third-order valence-electron chi connectivity index (χ3n) is 4.08. The maximum Gasteiger partial charge on any atom is 0.273 e. The Hall–Kier alpha value is -2.67. The molecule has 2 aromatic rings. The molecular weight excluding hydrogens is 351 g/mol. The minimum atomic E-state index is -0.984. The van der Waals surface area contributed by atoms with E-state index in [1.165, 1.54) is 30.3 Å². The molecule has 0 fully saturated rings. The summed E-state index contributed by atoms with van der Waals surface area (Å²) in [5.74, 6) is -0.259. The predicted octanol–water partition coefficient (Wildman–Crippen LogP) is 4.26. The van der Waals surface area contributed by atoms with Gasteiger partial charge in [0.05, 0.1) is 27.4 Å². The van der Waals surface area contributed by atoms with Crippen LogP contribution in [0.1, 0.15) is 13.8 Å². The fraction of sp³-hybridized carbons (Fsp3) is 0.235. The van der Waals surface area contributed by atoms with Gasteiger partial charge in [-0.3, -0.25) is 10.1 Å². The molecule has 1 unspecified atom stereocenters. The molecule has 0 N–H and O–H groups in total. The number of non-ortho nitro benzene ring substituents is 1. The first kappa shape index (κ1) is 17.2. The molecule has 0 amide bonds. The van der Waals surface area contributed by atoms with Crippen LogP contribution in [-0.4, -0.2) is 22.9 Å². The van der Waals surface area contributed by atoms with Crippen LogP contribution in [0.2, 0.25) is 5.02 Å². The number of aldehydes is 1. The number of benzene rings is 2. The van der Waals surface area contributed by atoms with E-state index in [2.05, 4.69) is 0 Å². The first-order valence-electron chi connectivity index (χ1n) is 7.41. The molecule has 8 heteroatoms. The summed E-state index contributed by atoms with van der Waals surface area (Å²) in [5.41, 5.74) is -0.270. The van der Waals surface area contributed by atoms with E-state index in [9.17, 15) is 19.3 Å². The number of carbonyl (C=O) groups excluding carboxylic acids is 1. The van der Waals surface area contributed by atoms with Crippen LogP contribution in [0, 0.1) is 15.9 Å². The van der Waals surface area contributed by atoms with E-state index in [0.29, 0.717) is 17.7 Å². The highest BCUT2D eigenvalue weighted by Crippen LogP contribution is 2.47. The van der Waals surface area contributed by atoms with Crippen LogP contribution in [0.3, 0.4) is 0 Å². The second kappa shape index (κ2) is 6.00. The normalized spacial score (nSPS) is 18.2. The second-order valence-corrected chi connectivity index (χ2v) is 6.57. The van der Waals surface area contributed by atoms with Gasteiger partial charge >= 0.3 is 0 Å². The monoisotopic (exact) mass is 364 g/mol. The van der Waals surface area contributed by atoms with Crippen molar-refractivity contribution in [1.29, 1.82) is 0 Å². The van der Waals surface area contributed by atoms with Crippen molar-refractivity contribution < 1.29 is 18.8 Å². The van der Waals surface area contributed by atoms with Gasteiger partial charge in [0, 0.05) is 6.07 Å². The fourth-order valence-electron chi connectivity index (χ4n) is 2.88. The molecule has 0 spiro atoms. The molecule has 2 aromatic carbocycles. The number of carbonyl (C=O) groups is 1. The zero-order valence-corrected chi connectivity index (χ0v) is 14.2. The minimum absolute atomic E-state index is 0.119. The number of hydrogen-bond acceptors (Lipinski definition) is 5. The molecule has 1 heterocycles. The quantitative estimate of drug-likeness (QED) is 0.462. The summed E-state index contributed by atoms with van der Waals surface area (Å²) in [6.45, 7) is 3.39. The number of halogens is 2. The van der Waals surface area contributed by atoms with Gasteiger partial charge in [-0.2, -0.15) is 0 Å². The van der Waals surface area contributed by atoms with Crippen LogP contribution in [0.25, 0.3) is 0 Å². The van der Waals surface area contributed by atoms with E-state index in [1.807, 2.05) is 0 Å². The lowest BCUT2D eigenvalue weighted by Crippen LogP contribution is -2.55. The van der Waals surface area contributed by atoms with Gasteiger partial charge in [-0.15, -0.1) is 0 Å². The Morgan fingerprint density at radius 2 is 1.96 bits per heavy atom. The number of fused-ring (bicyclic) bond motifs is 1. The zero-order chi connectivity index (χ0) is 18.4. The Labute approximate surface area is 147 Å². The van der Waals surface area contributed by atoms with E-state index in [0.717, 1.165) is 6.07 Å². The van der Waals surface area contributed by atoms with Gasteiger partial charge in [-0.05, 0) is 38.1 Å². The van der Waals surface area contributed by atoms with Gasteiger partial charge in [0.2, 0.25) is 0 Å². The third-order valence-corrected chi connectivity index (χ3v) is 4.38. The number of hydrogen-bond donors (Lipinski definition) is 0. The highest BCUT2D eigenvalue weighted by Gasteiger charge is 2.43. The van der Waals surface area contributed by atoms with Crippen molar-refractivity contribution in [2.75, 3.05) is 4.90 Å². The molecule has 0 saturated heterocycles. The fourth-order valence-corrected chi connectivity index (χ4v) is 3.14. The molecule has 6 nitrogen and oxygen atoms in total. The number of rotatable bonds is 3. The van der Waals surface area contributed by atoms with Crippen LogP contribution in [-0.2, 0) is 4.79 Å². The van der Waals surface area contributed by atoms with Crippen LogP contribution in [0.5, 0.6) is 5.75 Å². The highest BCUT2D eigenvalue weighted by atomic mass is 35.5. The van der Waals surface area contributed by atoms with Crippen molar-refractivity contribution in [3.05, 3.63) is 57.4 Å². The SMILES string of the molecule is CC1(C)Oc2cc([N+](=O)[O-])ccc2N(c2ccc(F)cc2Cl)C1C=O. The maximum atomic E-state index is 13.4. The Balaban J connectivity index is 2.24. The minimum Gasteiger partial charge on any atom is -0.483 e. The van der Waals surface area contributed by atoms with Crippen molar-refractivity contribution >= 4 is 34.9 Å².